The Hall–Kier alpha value is -0.640. The fourth-order valence-corrected chi connectivity index (χ4v) is 3.98. The van der Waals surface area contributed by atoms with E-state index in [2.05, 4.69) is 48.8 Å². The number of benzene rings is 1. The first-order chi connectivity index (χ1) is 8.49. The first-order valence-corrected chi connectivity index (χ1v) is 7.64. The van der Waals surface area contributed by atoms with Crippen molar-refractivity contribution in [3.05, 3.63) is 55.2 Å². The van der Waals surface area contributed by atoms with E-state index >= 15 is 0 Å². The van der Waals surface area contributed by atoms with Crippen LogP contribution >= 0.6 is 27.3 Å². The van der Waals surface area contributed by atoms with Crippen LogP contribution in [0.5, 0.6) is 0 Å². The van der Waals surface area contributed by atoms with Gasteiger partial charge in [-0.15, -0.1) is 11.3 Å². The molecule has 0 bridgehead atoms. The van der Waals surface area contributed by atoms with Crippen LogP contribution in [0, 0.1) is 20.8 Å². The third kappa shape index (κ3) is 2.85. The van der Waals surface area contributed by atoms with Crippen LogP contribution in [0.2, 0.25) is 0 Å². The third-order valence-corrected chi connectivity index (χ3v) is 5.16. The van der Waals surface area contributed by atoms with Gasteiger partial charge in [-0.3, -0.25) is 0 Å². The Morgan fingerprint density at radius 3 is 2.33 bits per heavy atom. The molecular weight excluding hydrogens is 308 g/mol. The molecule has 0 saturated heterocycles. The van der Waals surface area contributed by atoms with Crippen molar-refractivity contribution in [2.24, 2.45) is 0 Å². The summed E-state index contributed by atoms with van der Waals surface area (Å²) in [6, 6.07) is 6.34. The number of thiophene rings is 1. The highest BCUT2D eigenvalue weighted by atomic mass is 79.9. The largest absolute Gasteiger partial charge is 0.387 e. The smallest absolute Gasteiger partial charge is 0.0933 e. The summed E-state index contributed by atoms with van der Waals surface area (Å²) >= 11 is 5.07. The summed E-state index contributed by atoms with van der Waals surface area (Å²) in [5.41, 5.74) is 5.06. The van der Waals surface area contributed by atoms with E-state index in [1.54, 1.807) is 11.3 Å². The van der Waals surface area contributed by atoms with Gasteiger partial charge in [-0.1, -0.05) is 17.7 Å². The highest BCUT2D eigenvalue weighted by molar-refractivity contribution is 9.10. The molecule has 0 aliphatic carbocycles. The quantitative estimate of drug-likeness (QED) is 0.866. The van der Waals surface area contributed by atoms with Crippen LogP contribution in [0.4, 0.5) is 0 Å². The molecule has 0 saturated carbocycles. The van der Waals surface area contributed by atoms with Crippen molar-refractivity contribution in [1.29, 1.82) is 0 Å². The lowest BCUT2D eigenvalue weighted by atomic mass is 9.95. The van der Waals surface area contributed by atoms with Crippen molar-refractivity contribution in [2.75, 3.05) is 0 Å². The molecule has 0 aliphatic heterocycles. The summed E-state index contributed by atoms with van der Waals surface area (Å²) in [5.74, 6) is 0. The average molecular weight is 325 g/mol. The molecule has 0 radical (unpaired) electrons. The Balaban J connectivity index is 2.27. The maximum absolute atomic E-state index is 10.3. The molecule has 3 heteroatoms. The second kappa shape index (κ2) is 5.55. The van der Waals surface area contributed by atoms with E-state index in [1.165, 1.54) is 22.3 Å². The number of rotatable bonds is 3. The molecule has 18 heavy (non-hydrogen) atoms. The highest BCUT2D eigenvalue weighted by Gasteiger charge is 2.16. The zero-order valence-electron chi connectivity index (χ0n) is 10.8. The Morgan fingerprint density at radius 1 is 1.22 bits per heavy atom. The average Bonchev–Trinajstić information content (AvgIpc) is 2.69. The van der Waals surface area contributed by atoms with Crippen LogP contribution in [-0.2, 0) is 6.42 Å². The fourth-order valence-electron chi connectivity index (χ4n) is 2.36. The monoisotopic (exact) mass is 324 g/mol. The minimum Gasteiger partial charge on any atom is -0.387 e. The molecule has 1 unspecified atom stereocenters. The zero-order chi connectivity index (χ0) is 13.3. The van der Waals surface area contributed by atoms with E-state index in [0.29, 0.717) is 6.42 Å². The van der Waals surface area contributed by atoms with E-state index in [0.717, 1.165) is 9.35 Å². The SMILES string of the molecule is Cc1cc(C)c(CC(O)c2sccc2Br)c(C)c1. The molecule has 1 atom stereocenters. The van der Waals surface area contributed by atoms with E-state index in [4.69, 9.17) is 0 Å². The van der Waals surface area contributed by atoms with Crippen LogP contribution in [0.25, 0.3) is 0 Å². The first kappa shape index (κ1) is 13.8. The van der Waals surface area contributed by atoms with Crippen LogP contribution in [0.15, 0.2) is 28.1 Å². The maximum atomic E-state index is 10.3. The number of halogens is 1. The van der Waals surface area contributed by atoms with Crippen molar-refractivity contribution < 1.29 is 5.11 Å². The van der Waals surface area contributed by atoms with Gasteiger partial charge in [-0.25, -0.2) is 0 Å². The summed E-state index contributed by atoms with van der Waals surface area (Å²) in [6.45, 7) is 6.34. The van der Waals surface area contributed by atoms with E-state index in [9.17, 15) is 5.11 Å². The Morgan fingerprint density at radius 2 is 1.83 bits per heavy atom. The lowest BCUT2D eigenvalue weighted by Crippen LogP contribution is -2.04. The van der Waals surface area contributed by atoms with Crippen molar-refractivity contribution in [3.8, 4) is 0 Å². The predicted molar refractivity (Wildman–Crippen MR) is 81.3 cm³/mol. The van der Waals surface area contributed by atoms with Crippen LogP contribution < -0.4 is 0 Å². The number of aliphatic hydroxyl groups is 1. The molecule has 1 nitrogen and oxygen atoms in total. The van der Waals surface area contributed by atoms with E-state index in [-0.39, 0.29) is 0 Å². The molecule has 1 heterocycles. The van der Waals surface area contributed by atoms with Crippen molar-refractivity contribution >= 4 is 27.3 Å². The van der Waals surface area contributed by atoms with Gasteiger partial charge in [0.2, 0.25) is 0 Å². The molecule has 96 valence electrons. The van der Waals surface area contributed by atoms with Crippen molar-refractivity contribution in [2.45, 2.75) is 33.3 Å². The van der Waals surface area contributed by atoms with Crippen molar-refractivity contribution in [1.82, 2.24) is 0 Å². The van der Waals surface area contributed by atoms with Crippen LogP contribution in [0.1, 0.15) is 33.2 Å². The second-order valence-corrected chi connectivity index (χ2v) is 6.53. The Kier molecular flexibility index (Phi) is 4.25. The Bertz CT molecular complexity index is 536. The fraction of sp³-hybridized carbons (Fsp3) is 0.333. The summed E-state index contributed by atoms with van der Waals surface area (Å²) in [7, 11) is 0. The molecule has 1 aromatic heterocycles. The normalized spacial score (nSPS) is 12.7. The molecule has 2 rings (SSSR count). The molecule has 0 spiro atoms. The first-order valence-electron chi connectivity index (χ1n) is 5.96. The van der Waals surface area contributed by atoms with E-state index in [1.807, 2.05) is 11.4 Å². The molecular formula is C15H17BrOS. The molecule has 0 aliphatic rings. The topological polar surface area (TPSA) is 20.2 Å². The Labute approximate surface area is 121 Å². The standard InChI is InChI=1S/C15H17BrOS/c1-9-6-10(2)12(11(3)7-9)8-14(17)15-13(16)4-5-18-15/h4-7,14,17H,8H2,1-3H3. The van der Waals surface area contributed by atoms with Gasteiger partial charge >= 0.3 is 0 Å². The number of aryl methyl sites for hydroxylation is 3. The van der Waals surface area contributed by atoms with Gasteiger partial charge in [0.15, 0.2) is 0 Å². The van der Waals surface area contributed by atoms with Crippen molar-refractivity contribution in [3.63, 3.8) is 0 Å². The molecule has 2 aromatic rings. The van der Waals surface area contributed by atoms with E-state index < -0.39 is 6.10 Å². The molecule has 0 amide bonds. The third-order valence-electron chi connectivity index (χ3n) is 3.19. The number of hydrogen-bond acceptors (Lipinski definition) is 2. The minimum atomic E-state index is -0.431. The highest BCUT2D eigenvalue weighted by Crippen LogP contribution is 2.32. The summed E-state index contributed by atoms with van der Waals surface area (Å²) in [5, 5.41) is 12.3. The van der Waals surface area contributed by atoms with Gasteiger partial charge in [0.25, 0.3) is 0 Å². The molecule has 0 fully saturated rings. The van der Waals surface area contributed by atoms with Crippen LogP contribution in [0.3, 0.4) is 0 Å². The van der Waals surface area contributed by atoms with Gasteiger partial charge in [-0.2, -0.15) is 0 Å². The summed E-state index contributed by atoms with van der Waals surface area (Å²) < 4.78 is 1.00. The lowest BCUT2D eigenvalue weighted by molar-refractivity contribution is 0.181. The predicted octanol–water partition coefficient (Wildman–Crippen LogP) is 4.71. The minimum absolute atomic E-state index is 0.431. The number of aliphatic hydroxyl groups excluding tert-OH is 1. The van der Waals surface area contributed by atoms with Gasteiger partial charge in [0.05, 0.1) is 6.10 Å². The molecule has 1 aromatic carbocycles. The lowest BCUT2D eigenvalue weighted by Gasteiger charge is -2.15. The summed E-state index contributed by atoms with van der Waals surface area (Å²) in [4.78, 5) is 1.01. The maximum Gasteiger partial charge on any atom is 0.0933 e. The molecule has 1 N–H and O–H groups in total. The number of hydrogen-bond donors (Lipinski definition) is 1. The van der Waals surface area contributed by atoms with Gasteiger partial charge in [0.1, 0.15) is 0 Å². The van der Waals surface area contributed by atoms with Crippen LogP contribution in [-0.4, -0.2) is 5.11 Å². The summed E-state index contributed by atoms with van der Waals surface area (Å²) in [6.07, 6.45) is 0.247. The van der Waals surface area contributed by atoms with Gasteiger partial charge in [0, 0.05) is 15.8 Å². The second-order valence-electron chi connectivity index (χ2n) is 4.73. The van der Waals surface area contributed by atoms with Gasteiger partial charge in [-0.05, 0) is 64.8 Å². The zero-order valence-corrected chi connectivity index (χ0v) is 13.2. The van der Waals surface area contributed by atoms with Gasteiger partial charge < -0.3 is 5.11 Å².